The monoisotopic (exact) mass is 347 g/mol. The van der Waals surface area contributed by atoms with Gasteiger partial charge in [-0.15, -0.1) is 0 Å². The molecule has 104 valence electrons. The first-order chi connectivity index (χ1) is 8.85. The van der Waals surface area contributed by atoms with Crippen LogP contribution in [-0.4, -0.2) is 23.0 Å². The predicted molar refractivity (Wildman–Crippen MR) is 77.5 cm³/mol. The number of carboxylic acid groups (broad SMARTS) is 1. The molecule has 1 amide bonds. The summed E-state index contributed by atoms with van der Waals surface area (Å²) >= 11 is 9.10. The van der Waals surface area contributed by atoms with Crippen molar-refractivity contribution in [2.24, 2.45) is 5.92 Å². The SMILES string of the molecule is CCC(C)[C@H](NC(=O)c1cc(Cl)cc(Br)c1)C(=O)O. The van der Waals surface area contributed by atoms with Crippen LogP contribution in [0, 0.1) is 5.92 Å². The fraction of sp³-hybridized carbons (Fsp3) is 0.385. The van der Waals surface area contributed by atoms with E-state index in [2.05, 4.69) is 21.2 Å². The first-order valence-corrected chi connectivity index (χ1v) is 7.02. The van der Waals surface area contributed by atoms with Gasteiger partial charge in [-0.3, -0.25) is 4.79 Å². The van der Waals surface area contributed by atoms with Crippen LogP contribution < -0.4 is 5.32 Å². The minimum absolute atomic E-state index is 0.149. The highest BCUT2D eigenvalue weighted by molar-refractivity contribution is 9.10. The summed E-state index contributed by atoms with van der Waals surface area (Å²) in [6.07, 6.45) is 0.663. The Morgan fingerprint density at radius 1 is 1.42 bits per heavy atom. The van der Waals surface area contributed by atoms with Crippen LogP contribution in [0.2, 0.25) is 5.02 Å². The number of hydrogen-bond acceptors (Lipinski definition) is 2. The Balaban J connectivity index is 2.90. The topological polar surface area (TPSA) is 66.4 Å². The van der Waals surface area contributed by atoms with Crippen LogP contribution in [0.1, 0.15) is 30.6 Å². The molecule has 4 nitrogen and oxygen atoms in total. The Hall–Kier alpha value is -1.07. The highest BCUT2D eigenvalue weighted by Gasteiger charge is 2.25. The average Bonchev–Trinajstić information content (AvgIpc) is 2.33. The molecule has 2 N–H and O–H groups in total. The smallest absolute Gasteiger partial charge is 0.326 e. The van der Waals surface area contributed by atoms with Gasteiger partial charge >= 0.3 is 5.97 Å². The van der Waals surface area contributed by atoms with Gasteiger partial charge in [-0.2, -0.15) is 0 Å². The molecule has 1 aromatic rings. The quantitative estimate of drug-likeness (QED) is 0.857. The summed E-state index contributed by atoms with van der Waals surface area (Å²) in [6, 6.07) is 3.84. The molecular formula is C13H15BrClNO3. The molecule has 0 saturated carbocycles. The van der Waals surface area contributed by atoms with E-state index < -0.39 is 17.9 Å². The number of carbonyl (C=O) groups excluding carboxylic acids is 1. The molecule has 0 aliphatic rings. The van der Waals surface area contributed by atoms with Crippen LogP contribution in [0.4, 0.5) is 0 Å². The zero-order valence-corrected chi connectivity index (χ0v) is 13.0. The van der Waals surface area contributed by atoms with E-state index in [9.17, 15) is 9.59 Å². The number of benzene rings is 1. The minimum atomic E-state index is -1.04. The van der Waals surface area contributed by atoms with Gasteiger partial charge in [0.2, 0.25) is 0 Å². The lowest BCUT2D eigenvalue weighted by molar-refractivity contribution is -0.140. The summed E-state index contributed by atoms with van der Waals surface area (Å²) in [5.41, 5.74) is 0.328. The Morgan fingerprint density at radius 2 is 2.05 bits per heavy atom. The summed E-state index contributed by atoms with van der Waals surface area (Å²) in [6.45, 7) is 3.66. The van der Waals surface area contributed by atoms with Crippen molar-refractivity contribution < 1.29 is 14.7 Å². The first kappa shape index (κ1) is 16.0. The van der Waals surface area contributed by atoms with Crippen molar-refractivity contribution in [1.82, 2.24) is 5.32 Å². The van der Waals surface area contributed by atoms with Crippen LogP contribution in [0.15, 0.2) is 22.7 Å². The zero-order chi connectivity index (χ0) is 14.6. The molecule has 1 unspecified atom stereocenters. The zero-order valence-electron chi connectivity index (χ0n) is 10.6. The second kappa shape index (κ2) is 6.91. The molecule has 0 radical (unpaired) electrons. The van der Waals surface area contributed by atoms with Crippen LogP contribution >= 0.6 is 27.5 Å². The van der Waals surface area contributed by atoms with Gasteiger partial charge in [0.25, 0.3) is 5.91 Å². The van der Waals surface area contributed by atoms with Gasteiger partial charge in [0.05, 0.1) is 0 Å². The molecule has 0 spiro atoms. The Morgan fingerprint density at radius 3 is 2.53 bits per heavy atom. The summed E-state index contributed by atoms with van der Waals surface area (Å²) in [5.74, 6) is -1.64. The van der Waals surface area contributed by atoms with Gasteiger partial charge in [-0.05, 0) is 24.1 Å². The highest BCUT2D eigenvalue weighted by Crippen LogP contribution is 2.20. The van der Waals surface area contributed by atoms with Crippen molar-refractivity contribution in [2.45, 2.75) is 26.3 Å². The second-order valence-electron chi connectivity index (χ2n) is 4.33. The van der Waals surface area contributed by atoms with E-state index in [0.717, 1.165) is 0 Å². The maximum absolute atomic E-state index is 12.0. The van der Waals surface area contributed by atoms with Crippen molar-refractivity contribution >= 4 is 39.4 Å². The predicted octanol–water partition coefficient (Wildman–Crippen LogP) is 3.33. The summed E-state index contributed by atoms with van der Waals surface area (Å²) < 4.78 is 0.667. The van der Waals surface area contributed by atoms with Gasteiger partial charge < -0.3 is 10.4 Å². The molecule has 1 rings (SSSR count). The van der Waals surface area contributed by atoms with Crippen molar-refractivity contribution in [1.29, 1.82) is 0 Å². The van der Waals surface area contributed by atoms with E-state index in [0.29, 0.717) is 21.5 Å². The molecule has 6 heteroatoms. The standard InChI is InChI=1S/C13H15BrClNO3/c1-3-7(2)11(13(18)19)16-12(17)8-4-9(14)6-10(15)5-8/h4-7,11H,3H2,1-2H3,(H,16,17)(H,18,19)/t7?,11-/m0/s1. The first-order valence-electron chi connectivity index (χ1n) is 5.85. The molecule has 1 aromatic carbocycles. The van der Waals surface area contributed by atoms with E-state index in [1.807, 2.05) is 6.92 Å². The van der Waals surface area contributed by atoms with Gasteiger partial charge in [0.1, 0.15) is 6.04 Å². The lowest BCUT2D eigenvalue weighted by Crippen LogP contribution is -2.45. The van der Waals surface area contributed by atoms with Gasteiger partial charge in [-0.1, -0.05) is 47.8 Å². The number of halogens is 2. The second-order valence-corrected chi connectivity index (χ2v) is 5.69. The van der Waals surface area contributed by atoms with Gasteiger partial charge in [0.15, 0.2) is 0 Å². The van der Waals surface area contributed by atoms with Gasteiger partial charge in [-0.25, -0.2) is 4.79 Å². The van der Waals surface area contributed by atoms with Crippen LogP contribution in [-0.2, 0) is 4.79 Å². The third-order valence-corrected chi connectivity index (χ3v) is 3.57. The van der Waals surface area contributed by atoms with Crippen molar-refractivity contribution in [3.63, 3.8) is 0 Å². The van der Waals surface area contributed by atoms with Gasteiger partial charge in [0, 0.05) is 15.1 Å². The number of aliphatic carboxylic acids is 1. The van der Waals surface area contributed by atoms with E-state index >= 15 is 0 Å². The third-order valence-electron chi connectivity index (χ3n) is 2.89. The Bertz CT molecular complexity index is 473. The molecule has 19 heavy (non-hydrogen) atoms. The molecule has 0 aliphatic heterocycles. The average molecular weight is 349 g/mol. The van der Waals surface area contributed by atoms with Crippen molar-refractivity contribution in [3.05, 3.63) is 33.3 Å². The van der Waals surface area contributed by atoms with E-state index in [1.165, 1.54) is 6.07 Å². The number of nitrogens with one attached hydrogen (secondary N) is 1. The van der Waals surface area contributed by atoms with Crippen LogP contribution in [0.25, 0.3) is 0 Å². The summed E-state index contributed by atoms with van der Waals surface area (Å²) in [7, 11) is 0. The fourth-order valence-electron chi connectivity index (χ4n) is 1.59. The number of rotatable bonds is 5. The highest BCUT2D eigenvalue weighted by atomic mass is 79.9. The number of carbonyl (C=O) groups is 2. The van der Waals surface area contributed by atoms with E-state index in [4.69, 9.17) is 16.7 Å². The molecular weight excluding hydrogens is 334 g/mol. The number of hydrogen-bond donors (Lipinski definition) is 2. The van der Waals surface area contributed by atoms with Crippen molar-refractivity contribution in [3.8, 4) is 0 Å². The molecule has 0 bridgehead atoms. The Labute approximate surface area is 125 Å². The molecule has 0 aliphatic carbocycles. The Kier molecular flexibility index (Phi) is 5.82. The molecule has 2 atom stereocenters. The number of carboxylic acids is 1. The normalized spacial score (nSPS) is 13.7. The fourth-order valence-corrected chi connectivity index (χ4v) is 2.45. The number of amides is 1. The maximum atomic E-state index is 12.0. The van der Waals surface area contributed by atoms with Crippen LogP contribution in [0.5, 0.6) is 0 Å². The third kappa shape index (κ3) is 4.51. The molecule has 0 saturated heterocycles. The van der Waals surface area contributed by atoms with Crippen molar-refractivity contribution in [2.75, 3.05) is 0 Å². The lowest BCUT2D eigenvalue weighted by atomic mass is 9.99. The minimum Gasteiger partial charge on any atom is -0.480 e. The summed E-state index contributed by atoms with van der Waals surface area (Å²) in [4.78, 5) is 23.2. The summed E-state index contributed by atoms with van der Waals surface area (Å²) in [5, 5.41) is 12.1. The molecule has 0 heterocycles. The lowest BCUT2D eigenvalue weighted by Gasteiger charge is -2.20. The molecule has 0 fully saturated rings. The maximum Gasteiger partial charge on any atom is 0.326 e. The van der Waals surface area contributed by atoms with E-state index in [1.54, 1.807) is 19.1 Å². The van der Waals surface area contributed by atoms with Crippen LogP contribution in [0.3, 0.4) is 0 Å². The van der Waals surface area contributed by atoms with E-state index in [-0.39, 0.29) is 5.92 Å². The largest absolute Gasteiger partial charge is 0.480 e. The molecule has 0 aromatic heterocycles.